The van der Waals surface area contributed by atoms with Crippen molar-refractivity contribution in [1.82, 2.24) is 20.0 Å². The first kappa shape index (κ1) is 20.9. The number of aryl methyl sites for hydroxylation is 2. The number of hydrogen-bond acceptors (Lipinski definition) is 3. The van der Waals surface area contributed by atoms with Gasteiger partial charge in [-0.1, -0.05) is 31.2 Å². The molecule has 1 fully saturated rings. The van der Waals surface area contributed by atoms with E-state index >= 15 is 0 Å². The molecule has 28 heavy (non-hydrogen) atoms. The topological polar surface area (TPSA) is 50.2 Å². The van der Waals surface area contributed by atoms with Gasteiger partial charge in [-0.3, -0.25) is 9.48 Å². The number of carbonyl (C=O) groups excluding carboxylic acids is 1. The number of fused-ring (bicyclic) bond motifs is 1. The Kier molecular flexibility index (Phi) is 6.78. The van der Waals surface area contributed by atoms with Crippen molar-refractivity contribution < 1.29 is 4.79 Å². The van der Waals surface area contributed by atoms with Crippen LogP contribution >= 0.6 is 12.4 Å². The van der Waals surface area contributed by atoms with Gasteiger partial charge in [0.15, 0.2) is 0 Å². The lowest BCUT2D eigenvalue weighted by Crippen LogP contribution is -2.47. The predicted molar refractivity (Wildman–Crippen MR) is 114 cm³/mol. The van der Waals surface area contributed by atoms with E-state index in [0.29, 0.717) is 11.9 Å². The minimum Gasteiger partial charge on any atom is -0.339 e. The number of aromatic nitrogens is 2. The van der Waals surface area contributed by atoms with Gasteiger partial charge in [-0.25, -0.2) is 0 Å². The Morgan fingerprint density at radius 1 is 1.29 bits per heavy atom. The lowest BCUT2D eigenvalue weighted by atomic mass is 9.85. The summed E-state index contributed by atoms with van der Waals surface area (Å²) in [6.45, 7) is 4.64. The van der Waals surface area contributed by atoms with Crippen LogP contribution in [0.5, 0.6) is 0 Å². The maximum absolute atomic E-state index is 13.6. The summed E-state index contributed by atoms with van der Waals surface area (Å²) in [6, 6.07) is 9.02. The van der Waals surface area contributed by atoms with Gasteiger partial charge in [0.1, 0.15) is 0 Å². The highest BCUT2D eigenvalue weighted by Crippen LogP contribution is 2.32. The van der Waals surface area contributed by atoms with Gasteiger partial charge in [0, 0.05) is 44.8 Å². The Balaban J connectivity index is 0.00000225. The molecule has 1 amide bonds. The predicted octanol–water partition coefficient (Wildman–Crippen LogP) is 2.94. The van der Waals surface area contributed by atoms with Gasteiger partial charge >= 0.3 is 0 Å². The summed E-state index contributed by atoms with van der Waals surface area (Å²) >= 11 is 0. The molecule has 0 saturated carbocycles. The molecule has 6 heteroatoms. The number of nitrogens with one attached hydrogen (secondary N) is 1. The fraction of sp³-hybridized carbons (Fsp3) is 0.545. The molecule has 1 saturated heterocycles. The van der Waals surface area contributed by atoms with Gasteiger partial charge < -0.3 is 10.2 Å². The molecule has 2 heterocycles. The molecular formula is C22H31ClN4O. The summed E-state index contributed by atoms with van der Waals surface area (Å²) < 4.78 is 1.83. The van der Waals surface area contributed by atoms with E-state index in [-0.39, 0.29) is 24.2 Å². The monoisotopic (exact) mass is 402 g/mol. The van der Waals surface area contributed by atoms with Crippen LogP contribution in [0.3, 0.4) is 0 Å². The minimum absolute atomic E-state index is 0. The van der Waals surface area contributed by atoms with E-state index in [9.17, 15) is 4.79 Å². The molecule has 152 valence electrons. The molecule has 1 aliphatic heterocycles. The average Bonchev–Trinajstić information content (AvgIpc) is 3.34. The van der Waals surface area contributed by atoms with Gasteiger partial charge in [0.25, 0.3) is 0 Å². The van der Waals surface area contributed by atoms with Crippen LogP contribution in [0.1, 0.15) is 42.4 Å². The molecule has 1 unspecified atom stereocenters. The summed E-state index contributed by atoms with van der Waals surface area (Å²) in [5.74, 6) is 0.555. The van der Waals surface area contributed by atoms with Crippen LogP contribution < -0.4 is 5.32 Å². The van der Waals surface area contributed by atoms with Crippen molar-refractivity contribution in [2.45, 2.75) is 44.6 Å². The number of rotatable bonds is 5. The second-order valence-corrected chi connectivity index (χ2v) is 8.02. The van der Waals surface area contributed by atoms with Gasteiger partial charge in [-0.15, -0.1) is 12.4 Å². The van der Waals surface area contributed by atoms with Crippen molar-refractivity contribution >= 4 is 18.3 Å². The largest absolute Gasteiger partial charge is 0.339 e. The minimum atomic E-state index is 0. The average molecular weight is 403 g/mol. The third-order valence-corrected chi connectivity index (χ3v) is 6.19. The zero-order chi connectivity index (χ0) is 18.8. The zero-order valence-electron chi connectivity index (χ0n) is 16.8. The maximum atomic E-state index is 13.6. The van der Waals surface area contributed by atoms with Crippen molar-refractivity contribution in [3.63, 3.8) is 0 Å². The lowest BCUT2D eigenvalue weighted by molar-refractivity contribution is -0.138. The molecule has 0 bridgehead atoms. The highest BCUT2D eigenvalue weighted by atomic mass is 35.5. The second kappa shape index (κ2) is 9.10. The molecule has 1 aromatic carbocycles. The highest BCUT2D eigenvalue weighted by molar-refractivity contribution is 5.85. The standard InChI is InChI=1S/C22H30N4O.ClH/c1-3-10-26(19-9-8-16-6-4-5-7-17(16)11-19)22(27)21-14-23-13-20(21)18-12-24-25(2)15-18;/h4-7,12,15,19-21,23H,3,8-11,13-14H2,1-2H3;1H/t19?,20-,21+;/m1./s1. The van der Waals surface area contributed by atoms with E-state index in [1.807, 2.05) is 17.9 Å². The van der Waals surface area contributed by atoms with E-state index in [4.69, 9.17) is 0 Å². The first-order chi connectivity index (χ1) is 13.2. The Morgan fingerprint density at radius 2 is 2.07 bits per heavy atom. The highest BCUT2D eigenvalue weighted by Gasteiger charge is 2.39. The number of carbonyl (C=O) groups is 1. The van der Waals surface area contributed by atoms with E-state index in [0.717, 1.165) is 45.3 Å². The Labute approximate surface area is 173 Å². The molecule has 2 aromatic rings. The van der Waals surface area contributed by atoms with Crippen molar-refractivity contribution in [2.75, 3.05) is 19.6 Å². The molecule has 0 spiro atoms. The van der Waals surface area contributed by atoms with Crippen molar-refractivity contribution in [1.29, 1.82) is 0 Å². The third kappa shape index (κ3) is 4.11. The molecule has 3 atom stereocenters. The summed E-state index contributed by atoms with van der Waals surface area (Å²) in [7, 11) is 1.94. The Bertz CT molecular complexity index is 805. The quantitative estimate of drug-likeness (QED) is 0.836. The fourth-order valence-corrected chi connectivity index (χ4v) is 4.79. The van der Waals surface area contributed by atoms with E-state index in [1.165, 1.54) is 16.7 Å². The van der Waals surface area contributed by atoms with Crippen LogP contribution in [0, 0.1) is 5.92 Å². The molecule has 2 aliphatic rings. The summed E-state index contributed by atoms with van der Waals surface area (Å²) in [4.78, 5) is 15.8. The second-order valence-electron chi connectivity index (χ2n) is 8.02. The molecule has 1 N–H and O–H groups in total. The number of amides is 1. The SMILES string of the molecule is CCCN(C(=O)[C@H]1CNC[C@@H]1c1cnn(C)c1)C1CCc2ccccc2C1.Cl. The van der Waals surface area contributed by atoms with Crippen molar-refractivity contribution in [3.8, 4) is 0 Å². The van der Waals surface area contributed by atoms with Gasteiger partial charge in [0.05, 0.1) is 12.1 Å². The fourth-order valence-electron chi connectivity index (χ4n) is 4.79. The van der Waals surface area contributed by atoms with E-state index in [2.05, 4.69) is 52.7 Å². The molecule has 1 aromatic heterocycles. The molecule has 0 radical (unpaired) electrons. The van der Waals surface area contributed by atoms with Crippen LogP contribution in [-0.4, -0.2) is 46.3 Å². The Morgan fingerprint density at radius 3 is 2.79 bits per heavy atom. The van der Waals surface area contributed by atoms with Crippen LogP contribution in [0.2, 0.25) is 0 Å². The number of nitrogens with zero attached hydrogens (tertiary/aromatic N) is 3. The first-order valence-electron chi connectivity index (χ1n) is 10.2. The van der Waals surface area contributed by atoms with Crippen LogP contribution in [0.4, 0.5) is 0 Å². The van der Waals surface area contributed by atoms with Crippen molar-refractivity contribution in [3.05, 3.63) is 53.3 Å². The normalized spacial score (nSPS) is 23.7. The van der Waals surface area contributed by atoms with Gasteiger partial charge in [-0.05, 0) is 42.4 Å². The number of benzene rings is 1. The molecule has 5 nitrogen and oxygen atoms in total. The lowest BCUT2D eigenvalue weighted by Gasteiger charge is -2.37. The summed E-state index contributed by atoms with van der Waals surface area (Å²) in [5, 5.41) is 7.76. The zero-order valence-corrected chi connectivity index (χ0v) is 17.6. The van der Waals surface area contributed by atoms with Crippen LogP contribution in [0.25, 0.3) is 0 Å². The molecule has 4 rings (SSSR count). The maximum Gasteiger partial charge on any atom is 0.227 e. The summed E-state index contributed by atoms with van der Waals surface area (Å²) in [6.07, 6.45) is 8.10. The third-order valence-electron chi connectivity index (χ3n) is 6.19. The first-order valence-corrected chi connectivity index (χ1v) is 10.2. The van der Waals surface area contributed by atoms with Crippen molar-refractivity contribution in [2.24, 2.45) is 13.0 Å². The van der Waals surface area contributed by atoms with Crippen LogP contribution in [-0.2, 0) is 24.7 Å². The molecule has 1 aliphatic carbocycles. The van der Waals surface area contributed by atoms with Crippen LogP contribution in [0.15, 0.2) is 36.7 Å². The summed E-state index contributed by atoms with van der Waals surface area (Å²) in [5.41, 5.74) is 4.04. The van der Waals surface area contributed by atoms with E-state index in [1.54, 1.807) is 0 Å². The number of halogens is 1. The number of hydrogen-bond donors (Lipinski definition) is 1. The van der Waals surface area contributed by atoms with Gasteiger partial charge in [-0.2, -0.15) is 5.10 Å². The van der Waals surface area contributed by atoms with Gasteiger partial charge in [0.2, 0.25) is 5.91 Å². The van der Waals surface area contributed by atoms with E-state index < -0.39 is 0 Å². The molecular weight excluding hydrogens is 372 g/mol. The Hall–Kier alpha value is -1.85. The smallest absolute Gasteiger partial charge is 0.227 e.